The quantitative estimate of drug-likeness (QED) is 0.859. The number of carbonyl (C=O) groups is 1. The van der Waals surface area contributed by atoms with Crippen molar-refractivity contribution in [3.63, 3.8) is 0 Å². The van der Waals surface area contributed by atoms with Gasteiger partial charge in [-0.25, -0.2) is 0 Å². The van der Waals surface area contributed by atoms with Crippen molar-refractivity contribution in [1.82, 2.24) is 0 Å². The normalized spacial score (nSPS) is 12.1. The minimum absolute atomic E-state index is 0.464. The summed E-state index contributed by atoms with van der Waals surface area (Å²) in [5.41, 5.74) is 5.41. The lowest BCUT2D eigenvalue weighted by Gasteiger charge is -2.03. The third-order valence-electron chi connectivity index (χ3n) is 1.82. The molecular formula is C10H9BrN4O2. The van der Waals surface area contributed by atoms with E-state index < -0.39 is 11.9 Å². The second-order valence-electron chi connectivity index (χ2n) is 2.97. The molecule has 0 bridgehead atoms. The summed E-state index contributed by atoms with van der Waals surface area (Å²) in [6, 6.07) is 5.36. The van der Waals surface area contributed by atoms with Gasteiger partial charge in [-0.1, -0.05) is 0 Å². The smallest absolute Gasteiger partial charge is 0.258 e. The number of halogens is 1. The van der Waals surface area contributed by atoms with Gasteiger partial charge in [0, 0.05) is 6.07 Å². The molecular weight excluding hydrogens is 288 g/mol. The second-order valence-corrected chi connectivity index (χ2v) is 3.82. The maximum absolute atomic E-state index is 10.7. The van der Waals surface area contributed by atoms with Crippen LogP contribution in [-0.2, 0) is 4.79 Å². The Balaban J connectivity index is 2.92. The molecule has 1 aromatic carbocycles. The molecule has 0 aliphatic carbocycles. The van der Waals surface area contributed by atoms with Gasteiger partial charge in [-0.15, -0.1) is 0 Å². The van der Waals surface area contributed by atoms with Crippen LogP contribution < -0.4 is 10.5 Å². The number of hydrogen-bond donors (Lipinski definition) is 1. The largest absolute Gasteiger partial charge is 0.495 e. The molecule has 1 unspecified atom stereocenters. The van der Waals surface area contributed by atoms with Crippen molar-refractivity contribution in [2.75, 3.05) is 7.11 Å². The number of rotatable bonds is 4. The zero-order valence-corrected chi connectivity index (χ0v) is 10.5. The summed E-state index contributed by atoms with van der Waals surface area (Å²) in [4.78, 5) is 10.7. The Labute approximate surface area is 106 Å². The number of hydrogen-bond acceptors (Lipinski definition) is 5. The highest BCUT2D eigenvalue weighted by Gasteiger charge is 2.12. The van der Waals surface area contributed by atoms with Crippen LogP contribution in [0.2, 0.25) is 0 Å². The van der Waals surface area contributed by atoms with E-state index in [0.29, 0.717) is 11.4 Å². The number of azo groups is 1. The summed E-state index contributed by atoms with van der Waals surface area (Å²) in [6.07, 6.45) is 0. The first-order valence-electron chi connectivity index (χ1n) is 4.51. The Morgan fingerprint density at radius 3 is 2.88 bits per heavy atom. The first kappa shape index (κ1) is 13.1. The van der Waals surface area contributed by atoms with Gasteiger partial charge in [-0.2, -0.15) is 15.5 Å². The number of benzene rings is 1. The Kier molecular flexibility index (Phi) is 4.60. The van der Waals surface area contributed by atoms with Crippen molar-refractivity contribution in [2.45, 2.75) is 6.04 Å². The lowest BCUT2D eigenvalue weighted by molar-refractivity contribution is -0.118. The number of methoxy groups -OCH3 is 1. The number of amides is 1. The fourth-order valence-corrected chi connectivity index (χ4v) is 1.39. The van der Waals surface area contributed by atoms with E-state index in [1.165, 1.54) is 7.11 Å². The van der Waals surface area contributed by atoms with Crippen LogP contribution in [-0.4, -0.2) is 19.1 Å². The molecule has 0 saturated carbocycles. The predicted octanol–water partition coefficient (Wildman–Crippen LogP) is 1.92. The van der Waals surface area contributed by atoms with Gasteiger partial charge in [0.1, 0.15) is 11.8 Å². The van der Waals surface area contributed by atoms with Gasteiger partial charge in [0.05, 0.1) is 17.3 Å². The average Bonchev–Trinajstić information content (AvgIpc) is 2.31. The maximum Gasteiger partial charge on any atom is 0.258 e. The molecule has 2 N–H and O–H groups in total. The van der Waals surface area contributed by atoms with E-state index in [4.69, 9.17) is 15.7 Å². The van der Waals surface area contributed by atoms with Gasteiger partial charge in [0.15, 0.2) is 0 Å². The highest BCUT2D eigenvalue weighted by atomic mass is 79.9. The lowest BCUT2D eigenvalue weighted by atomic mass is 10.3. The molecule has 0 spiro atoms. The van der Waals surface area contributed by atoms with Crippen molar-refractivity contribution in [1.29, 1.82) is 5.26 Å². The molecule has 0 aromatic heterocycles. The Morgan fingerprint density at radius 2 is 2.35 bits per heavy atom. The van der Waals surface area contributed by atoms with Gasteiger partial charge in [-0.05, 0) is 28.1 Å². The number of nitriles is 1. The number of ether oxygens (including phenoxy) is 1. The number of primary amides is 1. The molecule has 0 fully saturated rings. The van der Waals surface area contributed by atoms with Crippen LogP contribution in [0.1, 0.15) is 0 Å². The van der Waals surface area contributed by atoms with E-state index in [-0.39, 0.29) is 0 Å². The fourth-order valence-electron chi connectivity index (χ4n) is 0.981. The third-order valence-corrected chi connectivity index (χ3v) is 2.47. The topological polar surface area (TPSA) is 101 Å². The molecule has 0 aliphatic heterocycles. The molecule has 1 rings (SSSR count). The van der Waals surface area contributed by atoms with Crippen LogP contribution in [0.5, 0.6) is 5.75 Å². The van der Waals surface area contributed by atoms with Crippen LogP contribution in [0.15, 0.2) is 32.9 Å². The van der Waals surface area contributed by atoms with Crippen LogP contribution in [0.4, 0.5) is 5.69 Å². The number of carbonyl (C=O) groups excluding carboxylic acids is 1. The van der Waals surface area contributed by atoms with E-state index >= 15 is 0 Å². The van der Waals surface area contributed by atoms with E-state index in [9.17, 15) is 4.79 Å². The minimum atomic E-state index is -1.27. The van der Waals surface area contributed by atoms with E-state index in [0.717, 1.165) is 4.47 Å². The molecule has 1 amide bonds. The van der Waals surface area contributed by atoms with Crippen LogP contribution in [0.25, 0.3) is 0 Å². The standard InChI is InChI=1S/C10H9BrN4O2/c1-17-9-4-6(2-3-7(9)11)14-15-8(5-12)10(13)16/h2-4,8H,1H3,(H2,13,16). The SMILES string of the molecule is COc1cc(N=NC(C#N)C(N)=O)ccc1Br. The van der Waals surface area contributed by atoms with Crippen molar-refractivity contribution in [2.24, 2.45) is 16.0 Å². The number of nitrogens with two attached hydrogens (primary N) is 1. The molecule has 0 aliphatic rings. The van der Waals surface area contributed by atoms with Gasteiger partial charge >= 0.3 is 0 Å². The zero-order chi connectivity index (χ0) is 12.8. The molecule has 7 heteroatoms. The molecule has 0 radical (unpaired) electrons. The Bertz CT molecular complexity index is 496. The summed E-state index contributed by atoms with van der Waals surface area (Å²) < 4.78 is 5.83. The first-order valence-corrected chi connectivity index (χ1v) is 5.31. The predicted molar refractivity (Wildman–Crippen MR) is 63.8 cm³/mol. The molecule has 0 heterocycles. The molecule has 17 heavy (non-hydrogen) atoms. The van der Waals surface area contributed by atoms with Gasteiger partial charge in [-0.3, -0.25) is 4.79 Å². The van der Waals surface area contributed by atoms with Crippen LogP contribution in [0.3, 0.4) is 0 Å². The van der Waals surface area contributed by atoms with Crippen LogP contribution >= 0.6 is 15.9 Å². The van der Waals surface area contributed by atoms with Gasteiger partial charge in [0.25, 0.3) is 5.91 Å². The summed E-state index contributed by atoms with van der Waals surface area (Å²) >= 11 is 3.28. The zero-order valence-electron chi connectivity index (χ0n) is 8.92. The molecule has 6 nitrogen and oxygen atoms in total. The van der Waals surface area contributed by atoms with Crippen LogP contribution in [0, 0.1) is 11.3 Å². The maximum atomic E-state index is 10.7. The van der Waals surface area contributed by atoms with Crippen molar-refractivity contribution in [3.8, 4) is 11.8 Å². The van der Waals surface area contributed by atoms with Crippen molar-refractivity contribution in [3.05, 3.63) is 22.7 Å². The van der Waals surface area contributed by atoms with E-state index in [2.05, 4.69) is 26.2 Å². The molecule has 1 atom stereocenters. The Morgan fingerprint density at radius 1 is 1.65 bits per heavy atom. The van der Waals surface area contributed by atoms with E-state index in [1.54, 1.807) is 24.3 Å². The first-order chi connectivity index (χ1) is 8.08. The lowest BCUT2D eigenvalue weighted by Crippen LogP contribution is -2.24. The van der Waals surface area contributed by atoms with Crippen molar-refractivity contribution < 1.29 is 9.53 Å². The highest BCUT2D eigenvalue weighted by molar-refractivity contribution is 9.10. The summed E-state index contributed by atoms with van der Waals surface area (Å²) in [5, 5.41) is 15.9. The molecule has 0 saturated heterocycles. The minimum Gasteiger partial charge on any atom is -0.495 e. The summed E-state index contributed by atoms with van der Waals surface area (Å²) in [5.74, 6) is -0.255. The third kappa shape index (κ3) is 3.53. The summed E-state index contributed by atoms with van der Waals surface area (Å²) in [7, 11) is 1.52. The Hall–Kier alpha value is -1.94. The monoisotopic (exact) mass is 296 g/mol. The fraction of sp³-hybridized carbons (Fsp3) is 0.200. The van der Waals surface area contributed by atoms with E-state index in [1.807, 2.05) is 0 Å². The highest BCUT2D eigenvalue weighted by Crippen LogP contribution is 2.29. The van der Waals surface area contributed by atoms with Gasteiger partial charge < -0.3 is 10.5 Å². The molecule has 1 aromatic rings. The summed E-state index contributed by atoms with van der Waals surface area (Å²) in [6.45, 7) is 0. The van der Waals surface area contributed by atoms with Gasteiger partial charge in [0.2, 0.25) is 6.04 Å². The average molecular weight is 297 g/mol. The number of nitrogens with zero attached hydrogens (tertiary/aromatic N) is 3. The second kappa shape index (κ2) is 5.96. The van der Waals surface area contributed by atoms with Crippen molar-refractivity contribution >= 4 is 27.5 Å². The molecule has 88 valence electrons.